The third-order valence-corrected chi connectivity index (χ3v) is 2.59. The average molecular weight is 243 g/mol. The highest BCUT2D eigenvalue weighted by molar-refractivity contribution is 5.29. The second kappa shape index (κ2) is 5.93. The van der Waals surface area contributed by atoms with E-state index in [1.807, 2.05) is 6.07 Å². The van der Waals surface area contributed by atoms with Crippen LogP contribution in [-0.4, -0.2) is 32.4 Å². The van der Waals surface area contributed by atoms with Crippen LogP contribution in [0.5, 0.6) is 5.75 Å². The molecule has 0 aromatic heterocycles. The second-order valence-corrected chi connectivity index (χ2v) is 3.93. The van der Waals surface area contributed by atoms with Crippen molar-refractivity contribution in [3.8, 4) is 5.75 Å². The van der Waals surface area contributed by atoms with Crippen LogP contribution in [0.25, 0.3) is 0 Å². The summed E-state index contributed by atoms with van der Waals surface area (Å²) in [6.07, 6.45) is 0.804. The Kier molecular flexibility index (Phi) is 4.28. The summed E-state index contributed by atoms with van der Waals surface area (Å²) in [5.41, 5.74) is 0.942. The molecule has 5 heteroatoms. The number of benzene rings is 1. The first-order valence-electron chi connectivity index (χ1n) is 5.60. The van der Waals surface area contributed by atoms with Crippen molar-refractivity contribution in [2.24, 2.45) is 0 Å². The fourth-order valence-corrected chi connectivity index (χ4v) is 1.86. The first kappa shape index (κ1) is 12.3. The molecule has 1 aliphatic heterocycles. The van der Waals surface area contributed by atoms with E-state index >= 15 is 0 Å². The SMILES string of the molecule is FC(F)Oc1cccc(C[C@@H]2CNCCO2)c1. The highest BCUT2D eigenvalue weighted by Crippen LogP contribution is 2.17. The zero-order valence-electron chi connectivity index (χ0n) is 9.36. The number of rotatable bonds is 4. The van der Waals surface area contributed by atoms with E-state index < -0.39 is 6.61 Å². The van der Waals surface area contributed by atoms with Crippen molar-refractivity contribution < 1.29 is 18.3 Å². The second-order valence-electron chi connectivity index (χ2n) is 3.93. The lowest BCUT2D eigenvalue weighted by atomic mass is 10.1. The molecule has 1 aromatic carbocycles. The van der Waals surface area contributed by atoms with Gasteiger partial charge in [0.25, 0.3) is 0 Å². The van der Waals surface area contributed by atoms with Gasteiger partial charge >= 0.3 is 6.61 Å². The van der Waals surface area contributed by atoms with Crippen molar-refractivity contribution >= 4 is 0 Å². The average Bonchev–Trinajstić information content (AvgIpc) is 2.30. The number of hydrogen-bond acceptors (Lipinski definition) is 3. The van der Waals surface area contributed by atoms with E-state index in [-0.39, 0.29) is 11.9 Å². The van der Waals surface area contributed by atoms with Gasteiger partial charge in [-0.2, -0.15) is 8.78 Å². The standard InChI is InChI=1S/C12H15F2NO2/c13-12(14)17-10-3-1-2-9(6-10)7-11-8-15-4-5-16-11/h1-3,6,11-12,15H,4-5,7-8H2/t11-/m1/s1. The molecule has 94 valence electrons. The molecule has 1 heterocycles. The Morgan fingerprint density at radius 3 is 3.06 bits per heavy atom. The zero-order chi connectivity index (χ0) is 12.1. The molecule has 0 spiro atoms. The van der Waals surface area contributed by atoms with Crippen molar-refractivity contribution in [2.75, 3.05) is 19.7 Å². The summed E-state index contributed by atoms with van der Waals surface area (Å²) in [6, 6.07) is 6.75. The maximum Gasteiger partial charge on any atom is 0.387 e. The van der Waals surface area contributed by atoms with Crippen LogP contribution in [0.1, 0.15) is 5.56 Å². The minimum atomic E-state index is -2.78. The number of nitrogens with one attached hydrogen (secondary N) is 1. The van der Waals surface area contributed by atoms with Gasteiger partial charge in [-0.25, -0.2) is 0 Å². The topological polar surface area (TPSA) is 30.5 Å². The molecule has 1 fully saturated rings. The van der Waals surface area contributed by atoms with E-state index in [0.29, 0.717) is 13.0 Å². The lowest BCUT2D eigenvalue weighted by Gasteiger charge is -2.23. The van der Waals surface area contributed by atoms with Crippen molar-refractivity contribution in [2.45, 2.75) is 19.1 Å². The maximum atomic E-state index is 12.1. The van der Waals surface area contributed by atoms with Crippen molar-refractivity contribution in [1.82, 2.24) is 5.32 Å². The number of halogens is 2. The number of hydrogen-bond donors (Lipinski definition) is 1. The summed E-state index contributed by atoms with van der Waals surface area (Å²) in [6.45, 7) is -0.430. The molecule has 0 unspecified atom stereocenters. The predicted molar refractivity (Wildman–Crippen MR) is 59.4 cm³/mol. The highest BCUT2D eigenvalue weighted by atomic mass is 19.3. The number of alkyl halides is 2. The molecule has 0 amide bonds. The van der Waals surface area contributed by atoms with Gasteiger partial charge in [-0.05, 0) is 17.7 Å². The maximum absolute atomic E-state index is 12.1. The minimum absolute atomic E-state index is 0.102. The van der Waals surface area contributed by atoms with Crippen molar-refractivity contribution in [1.29, 1.82) is 0 Å². The number of ether oxygens (including phenoxy) is 2. The van der Waals surface area contributed by atoms with Gasteiger partial charge in [-0.1, -0.05) is 12.1 Å². The summed E-state index contributed by atoms with van der Waals surface area (Å²) in [7, 11) is 0. The van der Waals surface area contributed by atoms with Crippen molar-refractivity contribution in [3.63, 3.8) is 0 Å². The Balaban J connectivity index is 1.95. The Hall–Kier alpha value is -1.20. The van der Waals surface area contributed by atoms with Crippen LogP contribution in [0.15, 0.2) is 24.3 Å². The fraction of sp³-hybridized carbons (Fsp3) is 0.500. The smallest absolute Gasteiger partial charge is 0.387 e. The van der Waals surface area contributed by atoms with Gasteiger partial charge in [0, 0.05) is 19.5 Å². The van der Waals surface area contributed by atoms with Gasteiger partial charge in [-0.15, -0.1) is 0 Å². The monoisotopic (exact) mass is 243 g/mol. The minimum Gasteiger partial charge on any atom is -0.435 e. The lowest BCUT2D eigenvalue weighted by Crippen LogP contribution is -2.39. The summed E-state index contributed by atoms with van der Waals surface area (Å²) >= 11 is 0. The molecule has 1 atom stereocenters. The molecule has 1 N–H and O–H groups in total. The molecule has 0 aliphatic carbocycles. The first-order chi connectivity index (χ1) is 8.24. The van der Waals surface area contributed by atoms with Crippen LogP contribution in [-0.2, 0) is 11.2 Å². The van der Waals surface area contributed by atoms with E-state index in [0.717, 1.165) is 18.7 Å². The van der Waals surface area contributed by atoms with Crippen LogP contribution >= 0.6 is 0 Å². The normalized spacial score (nSPS) is 20.5. The largest absolute Gasteiger partial charge is 0.435 e. The molecule has 2 rings (SSSR count). The molecule has 1 aromatic rings. The Labute approximate surface area is 98.7 Å². The molecule has 1 aliphatic rings. The molecule has 1 saturated heterocycles. The van der Waals surface area contributed by atoms with E-state index in [1.54, 1.807) is 12.1 Å². The quantitative estimate of drug-likeness (QED) is 0.875. The third-order valence-electron chi connectivity index (χ3n) is 2.59. The van der Waals surface area contributed by atoms with Gasteiger partial charge in [0.05, 0.1) is 12.7 Å². The van der Waals surface area contributed by atoms with Crippen LogP contribution in [0.3, 0.4) is 0 Å². The molecular weight excluding hydrogens is 228 g/mol. The lowest BCUT2D eigenvalue weighted by molar-refractivity contribution is -0.0499. The highest BCUT2D eigenvalue weighted by Gasteiger charge is 2.14. The third kappa shape index (κ3) is 3.94. The van der Waals surface area contributed by atoms with Gasteiger partial charge in [0.15, 0.2) is 0 Å². The van der Waals surface area contributed by atoms with E-state index in [9.17, 15) is 8.78 Å². The Bertz CT molecular complexity index is 354. The van der Waals surface area contributed by atoms with E-state index in [2.05, 4.69) is 10.1 Å². The summed E-state index contributed by atoms with van der Waals surface area (Å²) in [5.74, 6) is 0.196. The van der Waals surface area contributed by atoms with Crippen molar-refractivity contribution in [3.05, 3.63) is 29.8 Å². The van der Waals surface area contributed by atoms with Crippen LogP contribution in [0.2, 0.25) is 0 Å². The van der Waals surface area contributed by atoms with Gasteiger partial charge in [0.2, 0.25) is 0 Å². The number of morpholine rings is 1. The Morgan fingerprint density at radius 2 is 2.35 bits per heavy atom. The van der Waals surface area contributed by atoms with Crippen LogP contribution in [0.4, 0.5) is 8.78 Å². The van der Waals surface area contributed by atoms with E-state index in [4.69, 9.17) is 4.74 Å². The molecule has 0 saturated carbocycles. The first-order valence-corrected chi connectivity index (χ1v) is 5.60. The van der Waals surface area contributed by atoms with Gasteiger partial charge < -0.3 is 14.8 Å². The fourth-order valence-electron chi connectivity index (χ4n) is 1.86. The Morgan fingerprint density at radius 1 is 1.47 bits per heavy atom. The predicted octanol–water partition coefficient (Wildman–Crippen LogP) is 1.82. The van der Waals surface area contributed by atoms with Gasteiger partial charge in [-0.3, -0.25) is 0 Å². The zero-order valence-corrected chi connectivity index (χ0v) is 9.36. The van der Waals surface area contributed by atoms with Crippen LogP contribution in [0, 0.1) is 0 Å². The molecule has 3 nitrogen and oxygen atoms in total. The molecular formula is C12H15F2NO2. The molecule has 0 bridgehead atoms. The van der Waals surface area contributed by atoms with Gasteiger partial charge in [0.1, 0.15) is 5.75 Å². The summed E-state index contributed by atoms with van der Waals surface area (Å²) < 4.78 is 34.0. The van der Waals surface area contributed by atoms with E-state index in [1.165, 1.54) is 6.07 Å². The molecule has 0 radical (unpaired) electrons. The van der Waals surface area contributed by atoms with Crippen LogP contribution < -0.4 is 10.1 Å². The molecule has 17 heavy (non-hydrogen) atoms. The summed E-state index contributed by atoms with van der Waals surface area (Å²) in [5, 5.41) is 3.23. The summed E-state index contributed by atoms with van der Waals surface area (Å²) in [4.78, 5) is 0.